The lowest BCUT2D eigenvalue weighted by Gasteiger charge is -2.26. The number of guanidine groups is 1. The van der Waals surface area contributed by atoms with E-state index in [0.717, 1.165) is 70.6 Å². The molecular formula is C13H29IN4OS. The Kier molecular flexibility index (Phi) is 14.4. The monoisotopic (exact) mass is 416 g/mol. The van der Waals surface area contributed by atoms with Crippen molar-refractivity contribution in [3.05, 3.63) is 0 Å². The molecule has 0 amide bonds. The summed E-state index contributed by atoms with van der Waals surface area (Å²) in [6.45, 7) is 9.86. The van der Waals surface area contributed by atoms with Gasteiger partial charge >= 0.3 is 0 Å². The largest absolute Gasteiger partial charge is 0.379 e. The van der Waals surface area contributed by atoms with Crippen LogP contribution >= 0.6 is 35.7 Å². The van der Waals surface area contributed by atoms with Gasteiger partial charge in [0.25, 0.3) is 0 Å². The summed E-state index contributed by atoms with van der Waals surface area (Å²) >= 11 is 1.85. The molecule has 0 spiro atoms. The second kappa shape index (κ2) is 14.2. The third-order valence-corrected chi connectivity index (χ3v) is 3.56. The summed E-state index contributed by atoms with van der Waals surface area (Å²) < 4.78 is 5.34. The van der Waals surface area contributed by atoms with Crippen molar-refractivity contribution in [2.75, 3.05) is 64.5 Å². The highest BCUT2D eigenvalue weighted by Gasteiger charge is 2.08. The number of thioether (sulfide) groups is 1. The van der Waals surface area contributed by atoms with Gasteiger partial charge in [-0.05, 0) is 19.6 Å². The molecule has 1 rings (SSSR count). The standard InChI is InChI=1S/C13H28N4OS.HI/c1-3-14-13(16-6-12-19-2)15-5-4-7-17-8-10-18-11-9-17;/h3-12H2,1-2H3,(H2,14,15,16);1H. The van der Waals surface area contributed by atoms with Crippen LogP contribution in [0.5, 0.6) is 0 Å². The topological polar surface area (TPSA) is 48.9 Å². The van der Waals surface area contributed by atoms with Crippen molar-refractivity contribution in [3.63, 3.8) is 0 Å². The van der Waals surface area contributed by atoms with Crippen molar-refractivity contribution in [1.82, 2.24) is 15.5 Å². The number of rotatable bonds is 8. The SMILES string of the molecule is CCNC(=NCCCN1CCOCC1)NCCSC.I. The molecule has 0 saturated carbocycles. The second-order valence-corrected chi connectivity index (χ2v) is 5.47. The maximum atomic E-state index is 5.34. The van der Waals surface area contributed by atoms with Gasteiger partial charge in [0.05, 0.1) is 13.2 Å². The predicted molar refractivity (Wildman–Crippen MR) is 99.7 cm³/mol. The van der Waals surface area contributed by atoms with Crippen LogP contribution in [0.4, 0.5) is 0 Å². The quantitative estimate of drug-likeness (QED) is 0.270. The molecule has 1 heterocycles. The molecular weight excluding hydrogens is 387 g/mol. The summed E-state index contributed by atoms with van der Waals surface area (Å²) in [4.78, 5) is 7.05. The molecule has 0 aromatic heterocycles. The van der Waals surface area contributed by atoms with Crippen molar-refractivity contribution in [2.24, 2.45) is 4.99 Å². The van der Waals surface area contributed by atoms with Crippen LogP contribution in [-0.4, -0.2) is 75.4 Å². The fourth-order valence-corrected chi connectivity index (χ4v) is 2.23. The summed E-state index contributed by atoms with van der Waals surface area (Å²) in [5.74, 6) is 2.05. The van der Waals surface area contributed by atoms with Gasteiger partial charge in [0, 0.05) is 45.0 Å². The first kappa shape index (κ1) is 20.3. The molecule has 1 saturated heterocycles. The maximum Gasteiger partial charge on any atom is 0.191 e. The van der Waals surface area contributed by atoms with Crippen LogP contribution < -0.4 is 10.6 Å². The number of hydrogen-bond acceptors (Lipinski definition) is 4. The normalized spacial score (nSPS) is 16.6. The third-order valence-electron chi connectivity index (χ3n) is 2.95. The summed E-state index contributed by atoms with van der Waals surface area (Å²) in [5.41, 5.74) is 0. The first-order chi connectivity index (χ1) is 9.36. The first-order valence-electron chi connectivity index (χ1n) is 7.18. The highest BCUT2D eigenvalue weighted by molar-refractivity contribution is 14.0. The van der Waals surface area contributed by atoms with E-state index < -0.39 is 0 Å². The van der Waals surface area contributed by atoms with Gasteiger partial charge < -0.3 is 15.4 Å². The zero-order valence-corrected chi connectivity index (χ0v) is 15.8. The van der Waals surface area contributed by atoms with Crippen LogP contribution in [0.1, 0.15) is 13.3 Å². The number of halogens is 1. The van der Waals surface area contributed by atoms with Gasteiger partial charge in [0.1, 0.15) is 0 Å². The average Bonchev–Trinajstić information content (AvgIpc) is 2.45. The number of nitrogens with one attached hydrogen (secondary N) is 2. The zero-order chi connectivity index (χ0) is 13.8. The first-order valence-corrected chi connectivity index (χ1v) is 8.57. The van der Waals surface area contributed by atoms with E-state index in [1.54, 1.807) is 0 Å². The molecule has 1 fully saturated rings. The molecule has 20 heavy (non-hydrogen) atoms. The van der Waals surface area contributed by atoms with E-state index in [1.165, 1.54) is 0 Å². The van der Waals surface area contributed by atoms with E-state index in [1.807, 2.05) is 11.8 Å². The summed E-state index contributed by atoms with van der Waals surface area (Å²) in [7, 11) is 0. The fraction of sp³-hybridized carbons (Fsp3) is 0.923. The van der Waals surface area contributed by atoms with Gasteiger partial charge in [-0.15, -0.1) is 24.0 Å². The Bertz CT molecular complexity index is 251. The lowest BCUT2D eigenvalue weighted by Crippen LogP contribution is -2.39. The van der Waals surface area contributed by atoms with E-state index in [-0.39, 0.29) is 24.0 Å². The van der Waals surface area contributed by atoms with E-state index in [2.05, 4.69) is 33.7 Å². The minimum atomic E-state index is 0. The number of aliphatic imine (C=N–C) groups is 1. The molecule has 7 heteroatoms. The van der Waals surface area contributed by atoms with Gasteiger partial charge in [-0.3, -0.25) is 9.89 Å². The number of nitrogens with zero attached hydrogens (tertiary/aromatic N) is 2. The number of ether oxygens (including phenoxy) is 1. The van der Waals surface area contributed by atoms with Gasteiger partial charge in [0.15, 0.2) is 5.96 Å². The molecule has 0 aromatic rings. The Hall–Kier alpha value is 0.270. The van der Waals surface area contributed by atoms with Crippen LogP contribution in [0.3, 0.4) is 0 Å². The Morgan fingerprint density at radius 2 is 2.05 bits per heavy atom. The van der Waals surface area contributed by atoms with Gasteiger partial charge in [-0.1, -0.05) is 0 Å². The zero-order valence-electron chi connectivity index (χ0n) is 12.7. The molecule has 5 nitrogen and oxygen atoms in total. The Morgan fingerprint density at radius 3 is 2.70 bits per heavy atom. The van der Waals surface area contributed by atoms with Crippen LogP contribution in [0, 0.1) is 0 Å². The molecule has 0 aliphatic carbocycles. The second-order valence-electron chi connectivity index (χ2n) is 4.49. The molecule has 2 N–H and O–H groups in total. The minimum absolute atomic E-state index is 0. The van der Waals surface area contributed by atoms with Gasteiger partial charge in [-0.2, -0.15) is 11.8 Å². The molecule has 120 valence electrons. The molecule has 0 atom stereocenters. The van der Waals surface area contributed by atoms with Crippen LogP contribution in [-0.2, 0) is 4.74 Å². The molecule has 1 aliphatic heterocycles. The van der Waals surface area contributed by atoms with E-state index in [9.17, 15) is 0 Å². The molecule has 1 aliphatic rings. The van der Waals surface area contributed by atoms with Crippen molar-refractivity contribution < 1.29 is 4.74 Å². The summed E-state index contributed by atoms with van der Waals surface area (Å²) in [5, 5.41) is 6.62. The smallest absolute Gasteiger partial charge is 0.191 e. The maximum absolute atomic E-state index is 5.34. The van der Waals surface area contributed by atoms with Crippen LogP contribution in [0.15, 0.2) is 4.99 Å². The number of morpholine rings is 1. The Balaban J connectivity index is 0.00000361. The van der Waals surface area contributed by atoms with E-state index in [4.69, 9.17) is 4.74 Å². The van der Waals surface area contributed by atoms with Crippen molar-refractivity contribution in [3.8, 4) is 0 Å². The Labute approximate surface area is 144 Å². The lowest BCUT2D eigenvalue weighted by molar-refractivity contribution is 0.0377. The lowest BCUT2D eigenvalue weighted by atomic mass is 10.3. The summed E-state index contributed by atoms with van der Waals surface area (Å²) in [6, 6.07) is 0. The van der Waals surface area contributed by atoms with Crippen molar-refractivity contribution in [1.29, 1.82) is 0 Å². The van der Waals surface area contributed by atoms with E-state index >= 15 is 0 Å². The number of hydrogen-bond donors (Lipinski definition) is 2. The average molecular weight is 416 g/mol. The van der Waals surface area contributed by atoms with Gasteiger partial charge in [0.2, 0.25) is 0 Å². The predicted octanol–water partition coefficient (Wildman–Crippen LogP) is 1.24. The van der Waals surface area contributed by atoms with Crippen LogP contribution in [0.2, 0.25) is 0 Å². The fourth-order valence-electron chi connectivity index (χ4n) is 1.92. The third kappa shape index (κ3) is 10.1. The molecule has 0 radical (unpaired) electrons. The van der Waals surface area contributed by atoms with Crippen molar-refractivity contribution in [2.45, 2.75) is 13.3 Å². The highest BCUT2D eigenvalue weighted by atomic mass is 127. The molecule has 0 bridgehead atoms. The highest BCUT2D eigenvalue weighted by Crippen LogP contribution is 1.98. The summed E-state index contributed by atoms with van der Waals surface area (Å²) in [6.07, 6.45) is 3.23. The molecule has 0 aromatic carbocycles. The van der Waals surface area contributed by atoms with Gasteiger partial charge in [-0.25, -0.2) is 0 Å². The Morgan fingerprint density at radius 1 is 1.30 bits per heavy atom. The van der Waals surface area contributed by atoms with Crippen molar-refractivity contribution >= 4 is 41.7 Å². The van der Waals surface area contributed by atoms with Crippen LogP contribution in [0.25, 0.3) is 0 Å². The minimum Gasteiger partial charge on any atom is -0.379 e. The van der Waals surface area contributed by atoms with E-state index in [0.29, 0.717) is 0 Å². The molecule has 0 unspecified atom stereocenters.